The first kappa shape index (κ1) is 31.8. The number of nitrogens with zero attached hydrogens (tertiary/aromatic N) is 4. The van der Waals surface area contributed by atoms with Gasteiger partial charge in [0.15, 0.2) is 0 Å². The van der Waals surface area contributed by atoms with Crippen molar-refractivity contribution in [2.75, 3.05) is 4.90 Å². The highest BCUT2D eigenvalue weighted by molar-refractivity contribution is 5.78. The molecule has 4 aromatic carbocycles. The molecule has 4 nitrogen and oxygen atoms in total. The van der Waals surface area contributed by atoms with Crippen molar-refractivity contribution in [3.63, 3.8) is 0 Å². The summed E-state index contributed by atoms with van der Waals surface area (Å²) in [6, 6.07) is 51.8. The van der Waals surface area contributed by atoms with Crippen molar-refractivity contribution in [3.05, 3.63) is 182 Å². The van der Waals surface area contributed by atoms with Gasteiger partial charge in [-0.25, -0.2) is 4.98 Å². The fraction of sp³-hybridized carbons (Fsp3) is 0.204. The Labute approximate surface area is 312 Å². The largest absolute Gasteiger partial charge is 0.309 e. The minimum atomic E-state index is 0.0964. The molecule has 4 aliphatic rings. The zero-order valence-corrected chi connectivity index (χ0v) is 29.9. The number of aromatic nitrogens is 3. The van der Waals surface area contributed by atoms with Gasteiger partial charge >= 0.3 is 0 Å². The SMILES string of the molecule is c1ccc(-c2cc(-c3cncc(C45CC6CC(C4)CC(c4cncc(N(c7ccccc7)c7ccccc7)c4)(C6)C5)c3)cc(-c3ccccc3)n2)cc1. The number of benzene rings is 4. The van der Waals surface area contributed by atoms with Crippen LogP contribution in [0, 0.1) is 11.8 Å². The minimum absolute atomic E-state index is 0.0964. The smallest absolute Gasteiger partial charge is 0.0715 e. The quantitative estimate of drug-likeness (QED) is 0.160. The molecule has 4 aliphatic carbocycles. The molecule has 3 aromatic heterocycles. The number of para-hydroxylation sites is 2. The van der Waals surface area contributed by atoms with E-state index in [4.69, 9.17) is 15.0 Å². The third-order valence-electron chi connectivity index (χ3n) is 12.3. The Morgan fingerprint density at radius 2 is 0.906 bits per heavy atom. The average Bonchev–Trinajstić information content (AvgIpc) is 3.22. The van der Waals surface area contributed by atoms with Gasteiger partial charge < -0.3 is 4.90 Å². The molecule has 0 radical (unpaired) electrons. The normalized spacial score (nSPS) is 22.8. The third kappa shape index (κ3) is 5.83. The zero-order valence-electron chi connectivity index (χ0n) is 29.9. The topological polar surface area (TPSA) is 41.9 Å². The summed E-state index contributed by atoms with van der Waals surface area (Å²) in [4.78, 5) is 17.4. The van der Waals surface area contributed by atoms with Gasteiger partial charge in [0, 0.05) is 46.7 Å². The highest BCUT2D eigenvalue weighted by Crippen LogP contribution is 2.66. The average molecular weight is 687 g/mol. The summed E-state index contributed by atoms with van der Waals surface area (Å²) < 4.78 is 0. The van der Waals surface area contributed by atoms with Crippen molar-refractivity contribution in [1.82, 2.24) is 15.0 Å². The maximum Gasteiger partial charge on any atom is 0.0715 e. The number of pyridine rings is 3. The van der Waals surface area contributed by atoms with Crippen molar-refractivity contribution in [3.8, 4) is 33.6 Å². The molecule has 11 rings (SSSR count). The molecule has 3 heterocycles. The van der Waals surface area contributed by atoms with Crippen molar-refractivity contribution < 1.29 is 0 Å². The van der Waals surface area contributed by atoms with E-state index < -0.39 is 0 Å². The monoisotopic (exact) mass is 686 g/mol. The van der Waals surface area contributed by atoms with Crippen molar-refractivity contribution in [2.45, 2.75) is 49.4 Å². The lowest BCUT2D eigenvalue weighted by atomic mass is 9.42. The minimum Gasteiger partial charge on any atom is -0.309 e. The van der Waals surface area contributed by atoms with Crippen molar-refractivity contribution in [2.24, 2.45) is 11.8 Å². The van der Waals surface area contributed by atoms with Crippen LogP contribution in [0.25, 0.3) is 33.6 Å². The summed E-state index contributed by atoms with van der Waals surface area (Å²) >= 11 is 0. The molecule has 0 saturated heterocycles. The molecule has 2 atom stereocenters. The Kier molecular flexibility index (Phi) is 7.79. The zero-order chi connectivity index (χ0) is 35.2. The molecule has 4 fully saturated rings. The summed E-state index contributed by atoms with van der Waals surface area (Å²) in [6.45, 7) is 0. The van der Waals surface area contributed by atoms with Crippen LogP contribution in [0.3, 0.4) is 0 Å². The first-order valence-electron chi connectivity index (χ1n) is 19.1. The fourth-order valence-corrected chi connectivity index (χ4v) is 10.5. The maximum absolute atomic E-state index is 5.15. The maximum atomic E-state index is 5.15. The van der Waals surface area contributed by atoms with Crippen molar-refractivity contribution >= 4 is 17.1 Å². The second-order valence-electron chi connectivity index (χ2n) is 15.8. The first-order valence-corrected chi connectivity index (χ1v) is 19.1. The van der Waals surface area contributed by atoms with Crippen LogP contribution in [0.15, 0.2) is 170 Å². The van der Waals surface area contributed by atoms with Crippen LogP contribution in [0.4, 0.5) is 17.1 Å². The van der Waals surface area contributed by atoms with E-state index in [-0.39, 0.29) is 10.8 Å². The van der Waals surface area contributed by atoms with Gasteiger partial charge in [-0.15, -0.1) is 0 Å². The predicted molar refractivity (Wildman–Crippen MR) is 215 cm³/mol. The lowest BCUT2D eigenvalue weighted by Gasteiger charge is -2.62. The second-order valence-corrected chi connectivity index (χ2v) is 15.8. The van der Waals surface area contributed by atoms with E-state index >= 15 is 0 Å². The molecule has 258 valence electrons. The van der Waals surface area contributed by atoms with E-state index in [9.17, 15) is 0 Å². The molecule has 4 heteroatoms. The van der Waals surface area contributed by atoms with E-state index in [1.165, 1.54) is 43.2 Å². The fourth-order valence-electron chi connectivity index (χ4n) is 10.5. The van der Waals surface area contributed by atoms with E-state index in [2.05, 4.69) is 163 Å². The first-order chi connectivity index (χ1) is 26.1. The third-order valence-corrected chi connectivity index (χ3v) is 12.3. The van der Waals surface area contributed by atoms with Gasteiger partial charge in [0.1, 0.15) is 0 Å². The summed E-state index contributed by atoms with van der Waals surface area (Å²) in [7, 11) is 0. The van der Waals surface area contributed by atoms with Gasteiger partial charge in [-0.3, -0.25) is 9.97 Å². The van der Waals surface area contributed by atoms with E-state index in [1.54, 1.807) is 0 Å². The molecular formula is C49H42N4. The van der Waals surface area contributed by atoms with E-state index in [1.807, 2.05) is 12.4 Å². The molecule has 2 unspecified atom stereocenters. The number of hydrogen-bond donors (Lipinski definition) is 0. The Hall–Kier alpha value is -5.87. The molecule has 0 amide bonds. The Morgan fingerprint density at radius 1 is 0.434 bits per heavy atom. The van der Waals surface area contributed by atoms with Crippen LogP contribution in [-0.4, -0.2) is 15.0 Å². The second kappa shape index (κ2) is 13.0. The van der Waals surface area contributed by atoms with Crippen LogP contribution < -0.4 is 4.90 Å². The highest BCUT2D eigenvalue weighted by Gasteiger charge is 2.59. The molecule has 4 bridgehead atoms. The molecule has 0 N–H and O–H groups in total. The molecule has 0 aliphatic heterocycles. The van der Waals surface area contributed by atoms with Gasteiger partial charge in [-0.2, -0.15) is 0 Å². The standard InChI is InChI=1S/C49H42N4/c1-5-13-37(14-6-1)46-23-39(24-47(52-46)38-15-7-2-8-16-38)40-22-41(31-50-30-40)48-26-35-21-36(27-48)29-49(28-35,34-48)42-25-45(33-51-32-42)53(43-17-9-3-10-18-43)44-19-11-4-12-20-44/h1-20,22-25,30-33,35-36H,21,26-29,34H2. The number of anilines is 3. The summed E-state index contributed by atoms with van der Waals surface area (Å²) in [5, 5.41) is 0. The molecule has 4 saturated carbocycles. The van der Waals surface area contributed by atoms with Crippen molar-refractivity contribution in [1.29, 1.82) is 0 Å². The Bertz CT molecular complexity index is 2260. The van der Waals surface area contributed by atoms with Crippen LogP contribution in [0.1, 0.15) is 49.7 Å². The lowest BCUT2D eigenvalue weighted by Crippen LogP contribution is -2.56. The van der Waals surface area contributed by atoms with E-state index in [0.717, 1.165) is 57.1 Å². The van der Waals surface area contributed by atoms with Gasteiger partial charge in [-0.1, -0.05) is 97.1 Å². The predicted octanol–water partition coefficient (Wildman–Crippen LogP) is 12.1. The Morgan fingerprint density at radius 3 is 1.43 bits per heavy atom. The number of hydrogen-bond acceptors (Lipinski definition) is 4. The summed E-state index contributed by atoms with van der Waals surface area (Å²) in [5.41, 5.74) is 12.9. The molecular weight excluding hydrogens is 645 g/mol. The molecule has 0 spiro atoms. The van der Waals surface area contributed by atoms with Crippen LogP contribution >= 0.6 is 0 Å². The molecule has 7 aromatic rings. The number of rotatable bonds is 8. The van der Waals surface area contributed by atoms with Crippen LogP contribution in [0.2, 0.25) is 0 Å². The van der Waals surface area contributed by atoms with Crippen LogP contribution in [-0.2, 0) is 10.8 Å². The Balaban J connectivity index is 1.04. The molecule has 53 heavy (non-hydrogen) atoms. The van der Waals surface area contributed by atoms with Crippen LogP contribution in [0.5, 0.6) is 0 Å². The van der Waals surface area contributed by atoms with E-state index in [0.29, 0.717) is 11.8 Å². The van der Waals surface area contributed by atoms with Gasteiger partial charge in [0.2, 0.25) is 0 Å². The summed E-state index contributed by atoms with van der Waals surface area (Å²) in [5.74, 6) is 1.41. The highest BCUT2D eigenvalue weighted by atomic mass is 15.1. The van der Waals surface area contributed by atoms with Gasteiger partial charge in [-0.05, 0) is 126 Å². The lowest BCUT2D eigenvalue weighted by molar-refractivity contribution is -0.0283. The summed E-state index contributed by atoms with van der Waals surface area (Å²) in [6.07, 6.45) is 15.9. The van der Waals surface area contributed by atoms with Gasteiger partial charge in [0.05, 0.1) is 23.3 Å². The van der Waals surface area contributed by atoms with Gasteiger partial charge in [0.25, 0.3) is 0 Å².